The highest BCUT2D eigenvalue weighted by molar-refractivity contribution is 5.91. The van der Waals surface area contributed by atoms with Gasteiger partial charge in [0.25, 0.3) is 0 Å². The Morgan fingerprint density at radius 2 is 1.86 bits per heavy atom. The highest BCUT2D eigenvalue weighted by Gasteiger charge is 2.36. The second kappa shape index (κ2) is 7.76. The predicted octanol–water partition coefficient (Wildman–Crippen LogP) is 1.01. The van der Waals surface area contributed by atoms with Crippen molar-refractivity contribution in [1.29, 1.82) is 0 Å². The number of carbonyl (C=O) groups excluding carboxylic acids is 1. The molecular weight excluding hydrogens is 366 g/mol. The average Bonchev–Trinajstić information content (AvgIpc) is 2.91. The Morgan fingerprint density at radius 3 is 2.43 bits per heavy atom. The Balaban J connectivity index is 1.99. The van der Waals surface area contributed by atoms with Crippen LogP contribution in [0.5, 0.6) is 0 Å². The summed E-state index contributed by atoms with van der Waals surface area (Å²) in [7, 11) is 0. The number of nitrogens with one attached hydrogen (secondary N) is 1. The first-order valence-corrected chi connectivity index (χ1v) is 9.24. The maximum Gasteiger partial charge on any atom is 0.337 e. The summed E-state index contributed by atoms with van der Waals surface area (Å²) in [4.78, 5) is 37.3. The van der Waals surface area contributed by atoms with Crippen LogP contribution in [0, 0.1) is 5.92 Å². The van der Waals surface area contributed by atoms with E-state index in [1.54, 1.807) is 28.8 Å². The minimum Gasteiger partial charge on any atom is -0.480 e. The van der Waals surface area contributed by atoms with Crippen molar-refractivity contribution in [3.8, 4) is 0 Å². The summed E-state index contributed by atoms with van der Waals surface area (Å²) in [6.45, 7) is 4.30. The monoisotopic (exact) mass is 391 g/mol. The van der Waals surface area contributed by atoms with Crippen molar-refractivity contribution in [3.63, 3.8) is 0 Å². The number of aliphatic carboxylic acids is 1. The Morgan fingerprint density at radius 1 is 1.25 bits per heavy atom. The van der Waals surface area contributed by atoms with Crippen LogP contribution in [0.4, 0.5) is 4.79 Å². The Bertz CT molecular complexity index is 933. The van der Waals surface area contributed by atoms with Gasteiger partial charge < -0.3 is 20.3 Å². The Hall–Kier alpha value is -2.65. The number of carboxylic acid groups (broad SMARTS) is 1. The fourth-order valence-electron chi connectivity index (χ4n) is 3.50. The largest absolute Gasteiger partial charge is 0.480 e. The number of nitrogens with zero attached hydrogens (tertiary/aromatic N) is 2. The fourth-order valence-corrected chi connectivity index (χ4v) is 3.50. The molecule has 1 fully saturated rings. The first kappa shape index (κ1) is 20.1. The number of imidazole rings is 1. The lowest BCUT2D eigenvalue weighted by molar-refractivity contribution is -0.145. The Labute approximate surface area is 161 Å². The molecule has 0 bridgehead atoms. The molecule has 1 aliphatic heterocycles. The molecule has 1 saturated heterocycles. The summed E-state index contributed by atoms with van der Waals surface area (Å²) >= 11 is 0. The predicted molar refractivity (Wildman–Crippen MR) is 101 cm³/mol. The number of amides is 1. The van der Waals surface area contributed by atoms with Gasteiger partial charge in [0.1, 0.15) is 0 Å². The van der Waals surface area contributed by atoms with Gasteiger partial charge in [-0.2, -0.15) is 0 Å². The van der Waals surface area contributed by atoms with Gasteiger partial charge in [-0.15, -0.1) is 0 Å². The topological polar surface area (TPSA) is 123 Å². The smallest absolute Gasteiger partial charge is 0.337 e. The molecule has 0 radical (unpaired) electrons. The van der Waals surface area contributed by atoms with E-state index in [0.717, 1.165) is 17.4 Å². The molecule has 2 aromatic rings. The number of hydrogen-bond acceptors (Lipinski definition) is 5. The second-order valence-corrected chi connectivity index (χ2v) is 7.65. The summed E-state index contributed by atoms with van der Waals surface area (Å²) < 4.78 is 7.83. The van der Waals surface area contributed by atoms with Crippen LogP contribution in [0.2, 0.25) is 0 Å². The highest BCUT2D eigenvalue weighted by atomic mass is 16.5. The van der Waals surface area contributed by atoms with Crippen molar-refractivity contribution in [2.45, 2.75) is 44.9 Å². The minimum atomic E-state index is -1.70. The third kappa shape index (κ3) is 3.95. The first-order chi connectivity index (χ1) is 13.2. The van der Waals surface area contributed by atoms with Gasteiger partial charge in [-0.05, 0) is 44.7 Å². The number of carboxylic acids is 1. The summed E-state index contributed by atoms with van der Waals surface area (Å²) in [5, 5.41) is 21.6. The van der Waals surface area contributed by atoms with Crippen LogP contribution >= 0.6 is 0 Å². The number of ether oxygens (including phenoxy) is 1. The third-order valence-electron chi connectivity index (χ3n) is 5.04. The molecule has 9 nitrogen and oxygen atoms in total. The van der Waals surface area contributed by atoms with Crippen molar-refractivity contribution < 1.29 is 24.5 Å². The normalized spacial score (nSPS) is 16.8. The molecule has 0 aliphatic carbocycles. The molecule has 0 saturated carbocycles. The van der Waals surface area contributed by atoms with Crippen LogP contribution in [0.15, 0.2) is 29.1 Å². The molecule has 152 valence electrons. The molecule has 1 aromatic heterocycles. The number of hydrogen-bond donors (Lipinski definition) is 3. The van der Waals surface area contributed by atoms with Crippen molar-refractivity contribution in [2.75, 3.05) is 13.2 Å². The van der Waals surface area contributed by atoms with Gasteiger partial charge in [0, 0.05) is 19.8 Å². The van der Waals surface area contributed by atoms with Gasteiger partial charge in [-0.25, -0.2) is 19.0 Å². The number of aromatic nitrogens is 2. The maximum atomic E-state index is 13.0. The van der Waals surface area contributed by atoms with E-state index in [4.69, 9.17) is 4.74 Å². The van der Waals surface area contributed by atoms with E-state index in [1.165, 1.54) is 13.8 Å². The van der Waals surface area contributed by atoms with Gasteiger partial charge in [0.15, 0.2) is 6.04 Å². The van der Waals surface area contributed by atoms with E-state index < -0.39 is 29.3 Å². The lowest BCUT2D eigenvalue weighted by Crippen LogP contribution is -2.56. The third-order valence-corrected chi connectivity index (χ3v) is 5.04. The molecule has 2 heterocycles. The highest BCUT2D eigenvalue weighted by Crippen LogP contribution is 2.20. The van der Waals surface area contributed by atoms with Crippen molar-refractivity contribution in [1.82, 2.24) is 14.5 Å². The number of benzene rings is 1. The quantitative estimate of drug-likeness (QED) is 0.699. The average molecular weight is 391 g/mol. The molecule has 1 atom stereocenters. The van der Waals surface area contributed by atoms with Gasteiger partial charge >= 0.3 is 17.7 Å². The van der Waals surface area contributed by atoms with Gasteiger partial charge in [-0.1, -0.05) is 12.1 Å². The summed E-state index contributed by atoms with van der Waals surface area (Å²) in [5.41, 5.74) is -1.25. The van der Waals surface area contributed by atoms with Crippen LogP contribution in [0.3, 0.4) is 0 Å². The molecule has 1 aliphatic rings. The van der Waals surface area contributed by atoms with Crippen molar-refractivity contribution in [2.24, 2.45) is 5.92 Å². The van der Waals surface area contributed by atoms with Crippen molar-refractivity contribution in [3.05, 3.63) is 34.7 Å². The SMILES string of the molecule is CC(C)(O)[C@H](NC(=O)n1c(=O)n(CC2CCOCC2)c2ccccc21)C(=O)O. The van der Waals surface area contributed by atoms with E-state index in [9.17, 15) is 24.6 Å². The van der Waals surface area contributed by atoms with E-state index >= 15 is 0 Å². The summed E-state index contributed by atoms with van der Waals surface area (Å²) in [6.07, 6.45) is 1.66. The second-order valence-electron chi connectivity index (χ2n) is 7.65. The summed E-state index contributed by atoms with van der Waals surface area (Å²) in [6, 6.07) is 4.42. The maximum absolute atomic E-state index is 13.0. The van der Waals surface area contributed by atoms with Crippen LogP contribution in [0.25, 0.3) is 11.0 Å². The lowest BCUT2D eigenvalue weighted by atomic mass is 9.99. The number of carbonyl (C=O) groups is 2. The van der Waals surface area contributed by atoms with E-state index in [2.05, 4.69) is 5.32 Å². The molecule has 3 N–H and O–H groups in total. The molecular formula is C19H25N3O6. The number of rotatable bonds is 5. The number of aliphatic hydroxyl groups is 1. The zero-order valence-corrected chi connectivity index (χ0v) is 15.9. The van der Waals surface area contributed by atoms with Gasteiger partial charge in [0.05, 0.1) is 16.6 Å². The minimum absolute atomic E-state index is 0.261. The van der Waals surface area contributed by atoms with Gasteiger partial charge in [0.2, 0.25) is 0 Å². The van der Waals surface area contributed by atoms with Crippen LogP contribution in [-0.2, 0) is 16.1 Å². The van der Waals surface area contributed by atoms with E-state index in [1.807, 2.05) is 0 Å². The van der Waals surface area contributed by atoms with E-state index in [0.29, 0.717) is 30.8 Å². The Kier molecular flexibility index (Phi) is 5.57. The van der Waals surface area contributed by atoms with Crippen LogP contribution in [-0.4, -0.2) is 56.2 Å². The van der Waals surface area contributed by atoms with Crippen LogP contribution < -0.4 is 11.0 Å². The van der Waals surface area contributed by atoms with Crippen molar-refractivity contribution >= 4 is 23.0 Å². The molecule has 0 unspecified atom stereocenters. The van der Waals surface area contributed by atoms with E-state index in [-0.39, 0.29) is 5.92 Å². The number of para-hydroxylation sites is 2. The molecule has 9 heteroatoms. The molecule has 3 rings (SSSR count). The fraction of sp³-hybridized carbons (Fsp3) is 0.526. The molecule has 28 heavy (non-hydrogen) atoms. The number of fused-ring (bicyclic) bond motifs is 1. The first-order valence-electron chi connectivity index (χ1n) is 9.24. The zero-order chi connectivity index (χ0) is 20.5. The molecule has 1 amide bonds. The van der Waals surface area contributed by atoms with Crippen LogP contribution in [0.1, 0.15) is 26.7 Å². The van der Waals surface area contributed by atoms with Gasteiger partial charge in [-0.3, -0.25) is 4.57 Å². The molecule has 0 spiro atoms. The summed E-state index contributed by atoms with van der Waals surface area (Å²) in [5.74, 6) is -1.13. The molecule has 1 aromatic carbocycles. The standard InChI is InChI=1S/C19H25N3O6/c1-19(2,27)15(16(23)24)20-17(25)22-14-6-4-3-5-13(14)21(18(22)26)11-12-7-9-28-10-8-12/h3-6,12,15,27H,7-11H2,1-2H3,(H,20,25)(H,23,24)/t15-/m1/s1. The lowest BCUT2D eigenvalue weighted by Gasteiger charge is -2.26. The zero-order valence-electron chi connectivity index (χ0n) is 15.9.